The monoisotopic (exact) mass is 448 g/mol. The quantitative estimate of drug-likeness (QED) is 0.348. The van der Waals surface area contributed by atoms with Crippen LogP contribution in [-0.4, -0.2) is 45.2 Å². The Labute approximate surface area is 186 Å². The minimum absolute atomic E-state index is 0.00687. The molecule has 0 unspecified atom stereocenters. The van der Waals surface area contributed by atoms with E-state index in [9.17, 15) is 9.59 Å². The van der Waals surface area contributed by atoms with E-state index in [2.05, 4.69) is 33.9 Å². The lowest BCUT2D eigenvalue weighted by molar-refractivity contribution is -0.159. The van der Waals surface area contributed by atoms with Gasteiger partial charge < -0.3 is 18.6 Å². The third kappa shape index (κ3) is 5.21. The van der Waals surface area contributed by atoms with E-state index in [0.29, 0.717) is 19.4 Å². The van der Waals surface area contributed by atoms with Crippen LogP contribution in [0.15, 0.2) is 30.3 Å². The summed E-state index contributed by atoms with van der Waals surface area (Å²) in [5.41, 5.74) is 1.09. The van der Waals surface area contributed by atoms with Gasteiger partial charge in [-0.1, -0.05) is 51.1 Å². The average Bonchev–Trinajstić information content (AvgIpc) is 3.03. The van der Waals surface area contributed by atoms with Crippen LogP contribution in [0, 0.1) is 11.8 Å². The van der Waals surface area contributed by atoms with E-state index in [4.69, 9.17) is 18.6 Å². The van der Waals surface area contributed by atoms with Crippen molar-refractivity contribution in [2.75, 3.05) is 6.61 Å². The molecule has 0 N–H and O–H groups in total. The van der Waals surface area contributed by atoms with Crippen LogP contribution in [0.25, 0.3) is 0 Å². The van der Waals surface area contributed by atoms with E-state index in [1.54, 1.807) is 6.92 Å². The van der Waals surface area contributed by atoms with Crippen molar-refractivity contribution >= 4 is 20.3 Å². The molecule has 1 aromatic carbocycles. The Morgan fingerprint density at radius 1 is 1.16 bits per heavy atom. The van der Waals surface area contributed by atoms with Gasteiger partial charge in [0, 0.05) is 5.92 Å². The fourth-order valence-electron chi connectivity index (χ4n) is 4.15. The maximum Gasteiger partial charge on any atom is 0.321 e. The van der Waals surface area contributed by atoms with Crippen LogP contribution in [0.4, 0.5) is 0 Å². The molecule has 0 radical (unpaired) electrons. The summed E-state index contributed by atoms with van der Waals surface area (Å²) in [4.78, 5) is 25.1. The predicted molar refractivity (Wildman–Crippen MR) is 120 cm³/mol. The summed E-state index contributed by atoms with van der Waals surface area (Å²) in [5.74, 6) is -2.10. The van der Waals surface area contributed by atoms with Crippen molar-refractivity contribution in [1.29, 1.82) is 0 Å². The molecule has 1 aliphatic carbocycles. The largest absolute Gasteiger partial charge is 0.465 e. The zero-order valence-electron chi connectivity index (χ0n) is 19.6. The van der Waals surface area contributed by atoms with Gasteiger partial charge in [0.15, 0.2) is 14.2 Å². The van der Waals surface area contributed by atoms with Gasteiger partial charge in [0.05, 0.1) is 19.3 Å². The van der Waals surface area contributed by atoms with Crippen LogP contribution in [0.1, 0.15) is 46.1 Å². The molecule has 1 saturated heterocycles. The van der Waals surface area contributed by atoms with Crippen molar-refractivity contribution < 1.29 is 28.2 Å². The van der Waals surface area contributed by atoms with Crippen molar-refractivity contribution in [3.05, 3.63) is 35.9 Å². The molecule has 2 aliphatic rings. The van der Waals surface area contributed by atoms with Gasteiger partial charge in [0.2, 0.25) is 0 Å². The molecule has 1 saturated carbocycles. The molecule has 2 fully saturated rings. The minimum Gasteiger partial charge on any atom is -0.465 e. The van der Waals surface area contributed by atoms with Gasteiger partial charge in [-0.2, -0.15) is 0 Å². The highest BCUT2D eigenvalue weighted by Crippen LogP contribution is 2.45. The number of ether oxygens (including phenoxy) is 3. The molecule has 31 heavy (non-hydrogen) atoms. The maximum absolute atomic E-state index is 12.6. The van der Waals surface area contributed by atoms with Crippen LogP contribution < -0.4 is 0 Å². The Balaban J connectivity index is 1.83. The van der Waals surface area contributed by atoms with Crippen LogP contribution in [0.5, 0.6) is 0 Å². The van der Waals surface area contributed by atoms with Gasteiger partial charge in [0.25, 0.3) is 0 Å². The van der Waals surface area contributed by atoms with Crippen LogP contribution in [-0.2, 0) is 34.8 Å². The molecule has 0 amide bonds. The third-order valence-corrected chi connectivity index (χ3v) is 11.4. The lowest BCUT2D eigenvalue weighted by Crippen LogP contribution is -2.55. The summed E-state index contributed by atoms with van der Waals surface area (Å²) >= 11 is 0. The number of carbonyl (C=O) groups excluding carboxylic acids is 2. The molecule has 1 heterocycles. The van der Waals surface area contributed by atoms with Gasteiger partial charge >= 0.3 is 11.9 Å². The molecule has 0 aromatic heterocycles. The van der Waals surface area contributed by atoms with Gasteiger partial charge in [-0.15, -0.1) is 0 Å². The minimum atomic E-state index is -2.18. The highest BCUT2D eigenvalue weighted by atomic mass is 28.4. The van der Waals surface area contributed by atoms with E-state index in [1.165, 1.54) is 0 Å². The Bertz CT molecular complexity index is 772. The fourth-order valence-corrected chi connectivity index (χ4v) is 5.47. The van der Waals surface area contributed by atoms with E-state index in [0.717, 1.165) is 5.56 Å². The molecule has 5 atom stereocenters. The number of esters is 2. The smallest absolute Gasteiger partial charge is 0.321 e. The first kappa shape index (κ1) is 23.9. The number of fused-ring (bicyclic) bond motifs is 1. The summed E-state index contributed by atoms with van der Waals surface area (Å²) in [5, 5.41) is -0.00687. The standard InChI is InChI=1S/C24H36O6Si/c1-7-27-22(25)19-17-13-14-18(28-15-16-11-9-8-10-12-16)21(20(17)29-23(19)26)30-31(5,6)24(2,3)4/h8-12,17-21H,7,13-15H2,1-6H3/t17-,18-,19+,20-,21+/m1/s1. The van der Waals surface area contributed by atoms with E-state index in [-0.39, 0.29) is 23.7 Å². The molecular weight excluding hydrogens is 412 g/mol. The summed E-state index contributed by atoms with van der Waals surface area (Å²) < 4.78 is 24.0. The van der Waals surface area contributed by atoms with Crippen LogP contribution >= 0.6 is 0 Å². The van der Waals surface area contributed by atoms with Crippen LogP contribution in [0.3, 0.4) is 0 Å². The SMILES string of the molecule is CCOC(=O)[C@H]1C(=O)O[C@@H]2[C@@H]1CC[C@@H](OCc1ccccc1)[C@@H]2O[Si](C)(C)C(C)(C)C. The number of hydrogen-bond acceptors (Lipinski definition) is 6. The van der Waals surface area contributed by atoms with Crippen molar-refractivity contribution in [1.82, 2.24) is 0 Å². The summed E-state index contributed by atoms with van der Waals surface area (Å²) in [6, 6.07) is 10.0. The molecule has 0 spiro atoms. The number of benzene rings is 1. The molecular formula is C24H36O6Si. The molecule has 0 bridgehead atoms. The zero-order chi connectivity index (χ0) is 22.8. The normalized spacial score (nSPS) is 28.7. The lowest BCUT2D eigenvalue weighted by Gasteiger charge is -2.45. The Hall–Kier alpha value is -1.70. The Kier molecular flexibility index (Phi) is 7.28. The van der Waals surface area contributed by atoms with Gasteiger partial charge in [-0.25, -0.2) is 0 Å². The second-order valence-corrected chi connectivity index (χ2v) is 14.8. The molecule has 7 heteroatoms. The fraction of sp³-hybridized carbons (Fsp3) is 0.667. The highest BCUT2D eigenvalue weighted by molar-refractivity contribution is 6.74. The molecule has 3 rings (SSSR count). The van der Waals surface area contributed by atoms with E-state index < -0.39 is 38.4 Å². The first-order valence-electron chi connectivity index (χ1n) is 11.3. The summed E-state index contributed by atoms with van der Waals surface area (Å²) in [7, 11) is -2.18. The molecule has 172 valence electrons. The summed E-state index contributed by atoms with van der Waals surface area (Å²) in [6.45, 7) is 13.4. The van der Waals surface area contributed by atoms with E-state index >= 15 is 0 Å². The molecule has 1 aliphatic heterocycles. The highest BCUT2D eigenvalue weighted by Gasteiger charge is 2.58. The number of hydrogen-bond donors (Lipinski definition) is 0. The number of rotatable bonds is 7. The topological polar surface area (TPSA) is 71.1 Å². The van der Waals surface area contributed by atoms with Crippen molar-refractivity contribution in [2.24, 2.45) is 11.8 Å². The van der Waals surface area contributed by atoms with Crippen LogP contribution in [0.2, 0.25) is 18.1 Å². The van der Waals surface area contributed by atoms with E-state index in [1.807, 2.05) is 30.3 Å². The first-order chi connectivity index (χ1) is 14.5. The molecule has 6 nitrogen and oxygen atoms in total. The zero-order valence-corrected chi connectivity index (χ0v) is 20.6. The summed E-state index contributed by atoms with van der Waals surface area (Å²) in [6.07, 6.45) is 0.276. The van der Waals surface area contributed by atoms with Gasteiger partial charge in [-0.05, 0) is 43.5 Å². The Morgan fingerprint density at radius 2 is 1.84 bits per heavy atom. The van der Waals surface area contributed by atoms with Gasteiger partial charge in [0.1, 0.15) is 12.2 Å². The molecule has 1 aromatic rings. The number of carbonyl (C=O) groups is 2. The van der Waals surface area contributed by atoms with Crippen molar-refractivity contribution in [2.45, 2.75) is 83.6 Å². The predicted octanol–water partition coefficient (Wildman–Crippen LogP) is 4.48. The van der Waals surface area contributed by atoms with Crippen molar-refractivity contribution in [3.63, 3.8) is 0 Å². The first-order valence-corrected chi connectivity index (χ1v) is 14.2. The maximum atomic E-state index is 12.6. The van der Waals surface area contributed by atoms with Crippen molar-refractivity contribution in [3.8, 4) is 0 Å². The second-order valence-electron chi connectivity index (χ2n) is 10.1. The average molecular weight is 449 g/mol. The third-order valence-electron chi connectivity index (χ3n) is 6.92. The Morgan fingerprint density at radius 3 is 2.45 bits per heavy atom. The van der Waals surface area contributed by atoms with Gasteiger partial charge in [-0.3, -0.25) is 9.59 Å². The lowest BCUT2D eigenvalue weighted by atomic mass is 9.77. The second kappa shape index (κ2) is 9.43.